The normalized spacial score (nSPS) is 11.8. The monoisotopic (exact) mass is 556 g/mol. The van der Waals surface area contributed by atoms with Gasteiger partial charge in [-0.15, -0.1) is 0 Å². The van der Waals surface area contributed by atoms with E-state index in [1.54, 1.807) is 44.6 Å². The topological polar surface area (TPSA) is 104 Å². The molecule has 0 saturated heterocycles. The molecule has 1 N–H and O–H groups in total. The van der Waals surface area contributed by atoms with E-state index in [0.717, 1.165) is 32.9 Å². The highest BCUT2D eigenvalue weighted by molar-refractivity contribution is 7.91. The predicted octanol–water partition coefficient (Wildman–Crippen LogP) is 5.33. The fraction of sp³-hybridized carbons (Fsp3) is 0.286. The number of benzene rings is 3. The molecule has 0 fully saturated rings. The van der Waals surface area contributed by atoms with Crippen molar-refractivity contribution in [3.63, 3.8) is 0 Å². The summed E-state index contributed by atoms with van der Waals surface area (Å²) in [5.41, 5.74) is 2.71. The lowest BCUT2D eigenvalue weighted by molar-refractivity contribution is -0.118. The number of anilines is 1. The molecule has 202 valence electrons. The summed E-state index contributed by atoms with van der Waals surface area (Å²) in [7, 11) is 1.87. The molecule has 38 heavy (non-hydrogen) atoms. The Morgan fingerprint density at radius 1 is 1.00 bits per heavy atom. The Morgan fingerprint density at radius 2 is 1.66 bits per heavy atom. The minimum Gasteiger partial charge on any atom is -0.493 e. The highest BCUT2D eigenvalue weighted by Crippen LogP contribution is 2.35. The number of fused-ring (bicyclic) bond motifs is 1. The quantitative estimate of drug-likeness (QED) is 0.247. The van der Waals surface area contributed by atoms with E-state index >= 15 is 0 Å². The molecule has 4 rings (SSSR count). The minimum absolute atomic E-state index is 0.0526. The number of rotatable bonds is 11. The summed E-state index contributed by atoms with van der Waals surface area (Å²) >= 11 is 1.59. The molecule has 1 aromatic heterocycles. The van der Waals surface area contributed by atoms with Gasteiger partial charge in [0.2, 0.25) is 0 Å². The molecule has 4 aromatic rings. The third kappa shape index (κ3) is 7.53. The number of hydrogen-bond donors (Lipinski definition) is 1. The number of nitrogens with one attached hydrogen (secondary N) is 1. The van der Waals surface area contributed by atoms with Crippen LogP contribution in [0.1, 0.15) is 24.2 Å². The van der Waals surface area contributed by atoms with E-state index in [-0.39, 0.29) is 10.6 Å². The predicted molar refractivity (Wildman–Crippen MR) is 151 cm³/mol. The largest absolute Gasteiger partial charge is 0.493 e. The third-order valence-electron chi connectivity index (χ3n) is 5.71. The van der Waals surface area contributed by atoms with E-state index in [4.69, 9.17) is 14.2 Å². The molecule has 10 heteroatoms. The molecular formula is C28H32N2O6S2. The summed E-state index contributed by atoms with van der Waals surface area (Å²) < 4.78 is 40.7. The standard InChI is InChI=1S/C18H20O4S.C10H12N2O2S/c1-2-23(20,21)17-10-8-16(9-11-17)18(14-19)22-13-12-15-6-4-3-5-7-15;1-11-10-12-6-4-7(13-2)8(14-3)5-9(6)15-10/h3-11,14,18H,2,12-13H2,1H3;4-5H,1-3H3,(H,11,12). The summed E-state index contributed by atoms with van der Waals surface area (Å²) in [6.45, 7) is 2.02. The van der Waals surface area contributed by atoms with Crippen LogP contribution in [0.25, 0.3) is 10.2 Å². The van der Waals surface area contributed by atoms with Gasteiger partial charge < -0.3 is 24.3 Å². The molecular weight excluding hydrogens is 524 g/mol. The molecule has 1 heterocycles. The Morgan fingerprint density at radius 3 is 2.24 bits per heavy atom. The number of hydrogen-bond acceptors (Lipinski definition) is 9. The molecule has 0 amide bonds. The fourth-order valence-electron chi connectivity index (χ4n) is 3.56. The summed E-state index contributed by atoms with van der Waals surface area (Å²) in [6.07, 6.45) is 0.763. The maximum Gasteiger partial charge on any atom is 0.183 e. The average Bonchev–Trinajstić information content (AvgIpc) is 3.37. The Labute approximate surface area is 227 Å². The summed E-state index contributed by atoms with van der Waals surface area (Å²) in [5.74, 6) is 1.49. The molecule has 0 aliphatic carbocycles. The lowest BCUT2D eigenvalue weighted by Crippen LogP contribution is -2.09. The van der Waals surface area contributed by atoms with Crippen molar-refractivity contribution in [1.29, 1.82) is 0 Å². The Balaban J connectivity index is 0.000000230. The number of aldehydes is 1. The number of aromatic nitrogens is 1. The average molecular weight is 557 g/mol. The first-order valence-electron chi connectivity index (χ1n) is 12.0. The number of carbonyl (C=O) groups excluding carboxylic acids is 1. The summed E-state index contributed by atoms with van der Waals surface area (Å²) in [6, 6.07) is 20.0. The molecule has 0 bridgehead atoms. The second kappa shape index (κ2) is 13.9. The molecule has 1 unspecified atom stereocenters. The van der Waals surface area contributed by atoms with Crippen LogP contribution >= 0.6 is 11.3 Å². The molecule has 0 spiro atoms. The van der Waals surface area contributed by atoms with Crippen LogP contribution in [0.2, 0.25) is 0 Å². The number of thiazole rings is 1. The van der Waals surface area contributed by atoms with Gasteiger partial charge in [-0.3, -0.25) is 0 Å². The molecule has 0 radical (unpaired) electrons. The Bertz CT molecular complexity index is 1380. The van der Waals surface area contributed by atoms with Crippen molar-refractivity contribution in [3.05, 3.63) is 77.9 Å². The van der Waals surface area contributed by atoms with E-state index in [1.807, 2.05) is 49.5 Å². The first-order chi connectivity index (χ1) is 18.3. The van der Waals surface area contributed by atoms with Gasteiger partial charge in [0.1, 0.15) is 6.10 Å². The van der Waals surface area contributed by atoms with Crippen LogP contribution in [0.5, 0.6) is 11.5 Å². The molecule has 8 nitrogen and oxygen atoms in total. The van der Waals surface area contributed by atoms with Crippen molar-refractivity contribution in [2.75, 3.05) is 38.9 Å². The molecule has 0 aliphatic heterocycles. The zero-order chi connectivity index (χ0) is 27.5. The molecule has 0 saturated carbocycles. The van der Waals surface area contributed by atoms with Crippen molar-refractivity contribution >= 4 is 42.8 Å². The lowest BCUT2D eigenvalue weighted by atomic mass is 10.1. The van der Waals surface area contributed by atoms with Crippen LogP contribution in [0.15, 0.2) is 71.6 Å². The number of ether oxygens (including phenoxy) is 3. The van der Waals surface area contributed by atoms with Crippen molar-refractivity contribution in [1.82, 2.24) is 4.98 Å². The van der Waals surface area contributed by atoms with Crippen LogP contribution in [0, 0.1) is 0 Å². The van der Waals surface area contributed by atoms with Crippen molar-refractivity contribution < 1.29 is 27.4 Å². The molecule has 1 atom stereocenters. The van der Waals surface area contributed by atoms with Gasteiger partial charge in [0.05, 0.1) is 41.7 Å². The van der Waals surface area contributed by atoms with E-state index < -0.39 is 15.9 Å². The number of methoxy groups -OCH3 is 2. The van der Waals surface area contributed by atoms with Gasteiger partial charge in [-0.2, -0.15) is 0 Å². The zero-order valence-electron chi connectivity index (χ0n) is 21.8. The van der Waals surface area contributed by atoms with Crippen LogP contribution < -0.4 is 14.8 Å². The van der Waals surface area contributed by atoms with Gasteiger partial charge in [-0.1, -0.05) is 60.7 Å². The summed E-state index contributed by atoms with van der Waals surface area (Å²) in [4.78, 5) is 15.9. The van der Waals surface area contributed by atoms with Crippen molar-refractivity contribution in [3.8, 4) is 11.5 Å². The Kier molecular flexibility index (Phi) is 10.6. The van der Waals surface area contributed by atoms with E-state index in [1.165, 1.54) is 12.1 Å². The van der Waals surface area contributed by atoms with Gasteiger partial charge in [-0.25, -0.2) is 13.4 Å². The van der Waals surface area contributed by atoms with Gasteiger partial charge in [0.15, 0.2) is 32.8 Å². The molecule has 3 aromatic carbocycles. The van der Waals surface area contributed by atoms with Gasteiger partial charge in [0, 0.05) is 19.2 Å². The van der Waals surface area contributed by atoms with E-state index in [9.17, 15) is 13.2 Å². The van der Waals surface area contributed by atoms with Crippen LogP contribution in [0.4, 0.5) is 5.13 Å². The third-order valence-corrected chi connectivity index (χ3v) is 8.50. The first kappa shape index (κ1) is 29.1. The summed E-state index contributed by atoms with van der Waals surface area (Å²) in [5, 5.41) is 3.91. The zero-order valence-corrected chi connectivity index (χ0v) is 23.5. The van der Waals surface area contributed by atoms with Gasteiger partial charge >= 0.3 is 0 Å². The SMILES string of the molecule is CCS(=O)(=O)c1ccc(C(C=O)OCCc2ccccc2)cc1.CNc1nc2cc(OC)c(OC)cc2s1. The van der Waals surface area contributed by atoms with Crippen LogP contribution in [0.3, 0.4) is 0 Å². The Hall–Kier alpha value is -3.47. The second-order valence-corrected chi connectivity index (χ2v) is 11.4. The van der Waals surface area contributed by atoms with Gasteiger partial charge in [-0.05, 0) is 29.7 Å². The van der Waals surface area contributed by atoms with E-state index in [0.29, 0.717) is 24.3 Å². The first-order valence-corrected chi connectivity index (χ1v) is 14.5. The number of nitrogens with zero attached hydrogens (tertiary/aromatic N) is 1. The highest BCUT2D eigenvalue weighted by Gasteiger charge is 2.15. The van der Waals surface area contributed by atoms with Gasteiger partial charge in [0.25, 0.3) is 0 Å². The second-order valence-electron chi connectivity index (χ2n) is 8.08. The molecule has 0 aliphatic rings. The number of carbonyl (C=O) groups is 1. The van der Waals surface area contributed by atoms with Crippen molar-refractivity contribution in [2.24, 2.45) is 0 Å². The highest BCUT2D eigenvalue weighted by atomic mass is 32.2. The maximum absolute atomic E-state index is 11.8. The maximum atomic E-state index is 11.8. The van der Waals surface area contributed by atoms with E-state index in [2.05, 4.69) is 10.3 Å². The lowest BCUT2D eigenvalue weighted by Gasteiger charge is -2.13. The van der Waals surface area contributed by atoms with Crippen molar-refractivity contribution in [2.45, 2.75) is 24.3 Å². The van der Waals surface area contributed by atoms with Crippen LogP contribution in [-0.2, 0) is 25.8 Å². The fourth-order valence-corrected chi connectivity index (χ4v) is 5.27. The number of sulfone groups is 1. The minimum atomic E-state index is -3.23. The smallest absolute Gasteiger partial charge is 0.183 e. The van der Waals surface area contributed by atoms with Crippen LogP contribution in [-0.4, -0.2) is 53.3 Å².